The van der Waals surface area contributed by atoms with Crippen LogP contribution in [0, 0.1) is 0 Å². The molecule has 0 radical (unpaired) electrons. The van der Waals surface area contributed by atoms with Gasteiger partial charge in [0.1, 0.15) is 35.4 Å². The number of nitrogens with zero attached hydrogens (tertiary/aromatic N) is 1. The molecule has 238 valence electrons. The van der Waals surface area contributed by atoms with Crippen LogP contribution in [0.15, 0.2) is 71.2 Å². The molecule has 3 rings (SSSR count). The molecule has 0 aliphatic carbocycles. The summed E-state index contributed by atoms with van der Waals surface area (Å²) in [5.41, 5.74) is 1.12. The van der Waals surface area contributed by atoms with E-state index in [1.807, 2.05) is 73.9 Å². The molecule has 1 aromatic carbocycles. The molecule has 0 fully saturated rings. The number of carbonyl (C=O) groups excluding carboxylic acids is 2. The van der Waals surface area contributed by atoms with E-state index in [0.29, 0.717) is 18.6 Å². The van der Waals surface area contributed by atoms with Gasteiger partial charge in [0, 0.05) is 18.6 Å². The van der Waals surface area contributed by atoms with Crippen LogP contribution in [0.1, 0.15) is 55.9 Å². The van der Waals surface area contributed by atoms with Crippen molar-refractivity contribution in [2.75, 3.05) is 26.3 Å². The van der Waals surface area contributed by atoms with Gasteiger partial charge in [-0.1, -0.05) is 57.9 Å². The summed E-state index contributed by atoms with van der Waals surface area (Å²) < 4.78 is 22.9. The summed E-state index contributed by atoms with van der Waals surface area (Å²) in [5, 5.41) is 16.7. The Balaban J connectivity index is 2.00. The molecule has 4 atom stereocenters. The van der Waals surface area contributed by atoms with Crippen molar-refractivity contribution in [2.24, 2.45) is 0 Å². The molecule has 11 heteroatoms. The highest BCUT2D eigenvalue weighted by Crippen LogP contribution is 2.27. The van der Waals surface area contributed by atoms with Gasteiger partial charge in [-0.2, -0.15) is 0 Å². The van der Waals surface area contributed by atoms with Crippen molar-refractivity contribution < 1.29 is 33.6 Å². The quantitative estimate of drug-likeness (QED) is 0.181. The molecule has 0 spiro atoms. The van der Waals surface area contributed by atoms with Crippen LogP contribution in [0.25, 0.3) is 6.08 Å². The number of ketones is 1. The van der Waals surface area contributed by atoms with Gasteiger partial charge in [-0.3, -0.25) is 9.59 Å². The molecule has 44 heavy (non-hydrogen) atoms. The number of nitrogens with one attached hydrogen (secondary N) is 1. The number of hydrogen-bond acceptors (Lipinski definition) is 9. The largest absolute Gasteiger partial charge is 0.497 e. The van der Waals surface area contributed by atoms with Crippen LogP contribution < -0.4 is 10.1 Å². The summed E-state index contributed by atoms with van der Waals surface area (Å²) in [6.45, 7) is 5.57. The number of Topliss-reactive ketones (excluding diaryl/α,β-unsaturated/α-hetero) is 1. The molecule has 1 aliphatic rings. The number of allylic oxidation sites excluding steroid dienone is 3. The van der Waals surface area contributed by atoms with Gasteiger partial charge in [-0.25, -0.2) is 4.98 Å². The minimum absolute atomic E-state index is 0.0418. The molecule has 1 aromatic heterocycles. The highest BCUT2D eigenvalue weighted by molar-refractivity contribution is 9.09. The number of carbonyl (C=O) groups is 2. The summed E-state index contributed by atoms with van der Waals surface area (Å²) >= 11 is 4.59. The molecule has 9 nitrogen and oxygen atoms in total. The van der Waals surface area contributed by atoms with Crippen LogP contribution in [0.2, 0.25) is 0 Å². The molecular weight excluding hydrogens is 648 g/mol. The molecule has 0 unspecified atom stereocenters. The van der Waals surface area contributed by atoms with Crippen LogP contribution in [0.5, 0.6) is 5.75 Å². The van der Waals surface area contributed by atoms with Gasteiger partial charge in [-0.15, -0.1) is 11.3 Å². The van der Waals surface area contributed by atoms with E-state index in [0.717, 1.165) is 27.6 Å². The summed E-state index contributed by atoms with van der Waals surface area (Å²) in [7, 11) is 3.18. The lowest BCUT2D eigenvalue weighted by atomic mass is 9.87. The van der Waals surface area contributed by atoms with E-state index < -0.39 is 29.5 Å². The number of methoxy groups -OCH3 is 2. The Morgan fingerprint density at radius 2 is 1.91 bits per heavy atom. The topological polar surface area (TPSA) is 116 Å². The first-order valence-corrected chi connectivity index (χ1v) is 16.2. The Kier molecular flexibility index (Phi) is 14.2. The number of ether oxygens (including phenoxy) is 4. The number of benzene rings is 1. The number of fused-ring (bicyclic) bond motifs is 2. The van der Waals surface area contributed by atoms with Gasteiger partial charge in [-0.05, 0) is 63.0 Å². The van der Waals surface area contributed by atoms with Crippen molar-refractivity contribution in [3.63, 3.8) is 0 Å². The molecule has 1 amide bonds. The van der Waals surface area contributed by atoms with Crippen LogP contribution >= 0.6 is 27.3 Å². The summed E-state index contributed by atoms with van der Waals surface area (Å²) in [4.78, 5) is 30.4. The first-order chi connectivity index (χ1) is 21.1. The maximum Gasteiger partial charge on any atom is 0.244 e. The highest BCUT2D eigenvalue weighted by Gasteiger charge is 2.34. The van der Waals surface area contributed by atoms with Crippen molar-refractivity contribution in [2.45, 2.75) is 64.1 Å². The van der Waals surface area contributed by atoms with Gasteiger partial charge < -0.3 is 29.4 Å². The third-order valence-corrected chi connectivity index (χ3v) is 8.64. The van der Waals surface area contributed by atoms with Crippen molar-refractivity contribution >= 4 is 45.0 Å². The van der Waals surface area contributed by atoms with E-state index in [1.54, 1.807) is 14.2 Å². The number of thiazole rings is 1. The zero-order valence-corrected chi connectivity index (χ0v) is 28.2. The molecule has 1 aliphatic heterocycles. The molecule has 2 heterocycles. The fraction of sp³-hybridized carbons (Fsp3) is 0.424. The third kappa shape index (κ3) is 10.6. The number of alkyl halides is 1. The van der Waals surface area contributed by atoms with Gasteiger partial charge in [0.15, 0.2) is 5.78 Å². The van der Waals surface area contributed by atoms with Crippen molar-refractivity contribution in [3.8, 4) is 5.75 Å². The minimum Gasteiger partial charge on any atom is -0.497 e. The average molecular weight is 690 g/mol. The van der Waals surface area contributed by atoms with E-state index in [4.69, 9.17) is 18.9 Å². The van der Waals surface area contributed by atoms with E-state index in [9.17, 15) is 14.7 Å². The van der Waals surface area contributed by atoms with Crippen molar-refractivity contribution in [1.29, 1.82) is 0 Å². The lowest BCUT2D eigenvalue weighted by molar-refractivity contribution is -0.129. The third-order valence-electron chi connectivity index (χ3n) is 7.08. The Morgan fingerprint density at radius 1 is 1.16 bits per heavy atom. The lowest BCUT2D eigenvalue weighted by Gasteiger charge is -2.26. The SMILES string of the molecule is COCO[C@@H]1/C=C(\C)CC/C([C@@](C)(O)C(=O)CBr)=C/C(=O)N[C@H](C)c2nc(cs2)/C=C\C=C\[C@@H]1OCc1ccc(OC)cc1. The zero-order valence-electron chi connectivity index (χ0n) is 25.7. The predicted octanol–water partition coefficient (Wildman–Crippen LogP) is 5.85. The summed E-state index contributed by atoms with van der Waals surface area (Å²) in [5.74, 6) is -0.0956. The summed E-state index contributed by atoms with van der Waals surface area (Å²) in [6, 6.07) is 7.29. The predicted molar refractivity (Wildman–Crippen MR) is 176 cm³/mol. The number of halogens is 1. The molecule has 2 N–H and O–H groups in total. The first-order valence-electron chi connectivity index (χ1n) is 14.2. The second kappa shape index (κ2) is 17.5. The first kappa shape index (κ1) is 35.5. The Bertz CT molecular complexity index is 1360. The Morgan fingerprint density at radius 3 is 2.59 bits per heavy atom. The number of hydrogen-bond donors (Lipinski definition) is 2. The van der Waals surface area contributed by atoms with Gasteiger partial charge in [0.25, 0.3) is 0 Å². The second-order valence-electron chi connectivity index (χ2n) is 10.6. The Labute approximate surface area is 271 Å². The van der Waals surface area contributed by atoms with Crippen LogP contribution in [0.4, 0.5) is 0 Å². The number of aliphatic hydroxyl groups is 1. The van der Waals surface area contributed by atoms with E-state index in [-0.39, 0.29) is 24.6 Å². The van der Waals surface area contributed by atoms with Gasteiger partial charge >= 0.3 is 0 Å². The zero-order chi connectivity index (χ0) is 32.1. The fourth-order valence-corrected chi connectivity index (χ4v) is 5.74. The van der Waals surface area contributed by atoms with Crippen LogP contribution in [-0.4, -0.2) is 65.9 Å². The normalized spacial score (nSPS) is 25.2. The maximum atomic E-state index is 13.1. The van der Waals surface area contributed by atoms with E-state index in [1.165, 1.54) is 24.3 Å². The fourth-order valence-electron chi connectivity index (χ4n) is 4.40. The number of amides is 1. The average Bonchev–Trinajstić information content (AvgIpc) is 3.49. The van der Waals surface area contributed by atoms with Gasteiger partial charge in [0.2, 0.25) is 5.91 Å². The van der Waals surface area contributed by atoms with E-state index in [2.05, 4.69) is 26.2 Å². The van der Waals surface area contributed by atoms with Crippen LogP contribution in [0.3, 0.4) is 0 Å². The number of rotatable bonds is 10. The van der Waals surface area contributed by atoms with E-state index >= 15 is 0 Å². The van der Waals surface area contributed by atoms with Crippen molar-refractivity contribution in [1.82, 2.24) is 10.3 Å². The molecule has 0 saturated carbocycles. The second-order valence-corrected chi connectivity index (χ2v) is 12.0. The van der Waals surface area contributed by atoms with Crippen LogP contribution in [-0.2, 0) is 30.4 Å². The highest BCUT2D eigenvalue weighted by atomic mass is 79.9. The van der Waals surface area contributed by atoms with Crippen molar-refractivity contribution in [3.05, 3.63) is 87.4 Å². The molecule has 0 saturated heterocycles. The minimum atomic E-state index is -1.83. The molecule has 2 aromatic rings. The number of aromatic nitrogens is 1. The monoisotopic (exact) mass is 688 g/mol. The standard InChI is InChI=1S/C33H41BrN2O7S/c1-22-10-13-25(33(3,39)30(37)18-34)17-31(38)35-23(2)32-36-26(20-44-32)8-6-7-9-28(29(16-22)43-21-40-4)42-19-24-11-14-27(41-5)15-12-24/h6-9,11-12,14-17,20,23,28-29,39H,10,13,18-19,21H2,1-5H3,(H,35,38)/b8-6-,9-7+,22-16+,25-17-/t23-,28+,29-,33-/m1/s1. The molecular formula is C33H41BrN2O7S. The maximum absolute atomic E-state index is 13.1. The summed E-state index contributed by atoms with van der Waals surface area (Å²) in [6.07, 6.45) is 10.6. The lowest BCUT2D eigenvalue weighted by Crippen LogP contribution is -2.39. The molecule has 2 bridgehead atoms. The smallest absolute Gasteiger partial charge is 0.244 e. The van der Waals surface area contributed by atoms with Gasteiger partial charge in [0.05, 0.1) is 30.8 Å². The Hall–Kier alpha value is -2.93.